The SMILES string of the molecule is Cc1c(C2C(c3ccccn3)NC(=S)N2CCC(=O)Nc2cccc3ccccc23)c(C)n(-c2cccc(Cl)c2)c1C. The zero-order valence-corrected chi connectivity index (χ0v) is 25.3. The highest BCUT2D eigenvalue weighted by Gasteiger charge is 2.42. The van der Waals surface area contributed by atoms with Crippen molar-refractivity contribution in [2.24, 2.45) is 0 Å². The molecule has 212 valence electrons. The summed E-state index contributed by atoms with van der Waals surface area (Å²) in [6, 6.07) is 27.5. The van der Waals surface area contributed by atoms with E-state index in [2.05, 4.69) is 46.9 Å². The first-order valence-corrected chi connectivity index (χ1v) is 14.8. The molecule has 0 saturated carbocycles. The van der Waals surface area contributed by atoms with Crippen molar-refractivity contribution >= 4 is 51.3 Å². The van der Waals surface area contributed by atoms with Gasteiger partial charge in [-0.1, -0.05) is 60.1 Å². The Bertz CT molecular complexity index is 1800. The fourth-order valence-electron chi connectivity index (χ4n) is 6.17. The van der Waals surface area contributed by atoms with E-state index in [4.69, 9.17) is 28.8 Å². The zero-order chi connectivity index (χ0) is 29.4. The number of nitrogens with one attached hydrogen (secondary N) is 2. The molecule has 3 heterocycles. The number of amides is 1. The topological polar surface area (TPSA) is 62.2 Å². The van der Waals surface area contributed by atoms with E-state index in [1.165, 1.54) is 11.1 Å². The molecular formula is C34H32ClN5OS. The van der Waals surface area contributed by atoms with Crippen LogP contribution >= 0.6 is 23.8 Å². The number of hydrogen-bond donors (Lipinski definition) is 2. The standard InChI is InChI=1S/C34H32ClN5OS/c1-21-22(2)40(26-13-9-12-25(35)20-26)23(3)31(21)33-32(29-15-6-7-18-36-29)38-34(42)39(33)19-17-30(41)37-28-16-8-11-24-10-4-5-14-27(24)28/h4-16,18,20,32-33H,17,19H2,1-3H3,(H,37,41)(H,38,42). The second-order valence-corrected chi connectivity index (χ2v) is 11.5. The number of fused-ring (bicyclic) bond motifs is 1. The van der Waals surface area contributed by atoms with Gasteiger partial charge in [0.1, 0.15) is 0 Å². The first-order valence-electron chi connectivity index (χ1n) is 14.0. The Morgan fingerprint density at radius 3 is 2.52 bits per heavy atom. The van der Waals surface area contributed by atoms with Gasteiger partial charge in [-0.2, -0.15) is 0 Å². The van der Waals surface area contributed by atoms with Crippen LogP contribution < -0.4 is 10.6 Å². The van der Waals surface area contributed by atoms with Gasteiger partial charge in [-0.05, 0) is 80.3 Å². The predicted octanol–water partition coefficient (Wildman–Crippen LogP) is 7.61. The van der Waals surface area contributed by atoms with Gasteiger partial charge in [0.2, 0.25) is 5.91 Å². The van der Waals surface area contributed by atoms with Crippen LogP contribution in [0.15, 0.2) is 91.1 Å². The molecule has 5 aromatic rings. The fourth-order valence-corrected chi connectivity index (χ4v) is 6.69. The molecule has 1 aliphatic rings. The molecule has 1 saturated heterocycles. The van der Waals surface area contributed by atoms with Crippen LogP contribution in [0.25, 0.3) is 16.5 Å². The third-order valence-electron chi connectivity index (χ3n) is 8.21. The number of rotatable bonds is 7. The molecule has 6 nitrogen and oxygen atoms in total. The summed E-state index contributed by atoms with van der Waals surface area (Å²) >= 11 is 12.3. The van der Waals surface area contributed by atoms with Crippen molar-refractivity contribution in [1.29, 1.82) is 0 Å². The lowest BCUT2D eigenvalue weighted by Gasteiger charge is -2.29. The van der Waals surface area contributed by atoms with Crippen molar-refractivity contribution in [3.63, 3.8) is 0 Å². The van der Waals surface area contributed by atoms with Crippen LogP contribution in [0.4, 0.5) is 5.69 Å². The third-order valence-corrected chi connectivity index (χ3v) is 8.80. The lowest BCUT2D eigenvalue weighted by molar-refractivity contribution is -0.116. The van der Waals surface area contributed by atoms with E-state index in [1.807, 2.05) is 78.9 Å². The van der Waals surface area contributed by atoms with Crippen molar-refractivity contribution in [2.45, 2.75) is 39.3 Å². The fraction of sp³-hybridized carbons (Fsp3) is 0.206. The number of nitrogens with zero attached hydrogens (tertiary/aromatic N) is 3. The molecule has 2 N–H and O–H groups in total. The third kappa shape index (κ3) is 5.14. The molecule has 2 unspecified atom stereocenters. The summed E-state index contributed by atoms with van der Waals surface area (Å²) in [7, 11) is 0. The number of aromatic nitrogens is 2. The van der Waals surface area contributed by atoms with Gasteiger partial charge >= 0.3 is 0 Å². The number of hydrogen-bond acceptors (Lipinski definition) is 3. The lowest BCUT2D eigenvalue weighted by Crippen LogP contribution is -2.33. The minimum Gasteiger partial charge on any atom is -0.352 e. The highest BCUT2D eigenvalue weighted by atomic mass is 35.5. The minimum atomic E-state index is -0.174. The summed E-state index contributed by atoms with van der Waals surface area (Å²) in [4.78, 5) is 20.1. The molecule has 8 heteroatoms. The Hall–Kier alpha value is -4.20. The largest absolute Gasteiger partial charge is 0.352 e. The van der Waals surface area contributed by atoms with Crippen molar-refractivity contribution in [2.75, 3.05) is 11.9 Å². The van der Waals surface area contributed by atoms with Gasteiger partial charge in [0.15, 0.2) is 5.11 Å². The van der Waals surface area contributed by atoms with Crippen molar-refractivity contribution < 1.29 is 4.79 Å². The predicted molar refractivity (Wildman–Crippen MR) is 174 cm³/mol. The van der Waals surface area contributed by atoms with E-state index in [0.29, 0.717) is 16.7 Å². The Morgan fingerprint density at radius 1 is 0.976 bits per heavy atom. The van der Waals surface area contributed by atoms with Crippen LogP contribution in [0.3, 0.4) is 0 Å². The number of thiocarbonyl (C=S) groups is 1. The Labute approximate surface area is 256 Å². The average Bonchev–Trinajstić information content (AvgIpc) is 3.43. The smallest absolute Gasteiger partial charge is 0.226 e. The van der Waals surface area contributed by atoms with Gasteiger partial charge in [0.25, 0.3) is 0 Å². The molecule has 1 fully saturated rings. The van der Waals surface area contributed by atoms with E-state index < -0.39 is 0 Å². The number of anilines is 1. The number of pyridine rings is 1. The van der Waals surface area contributed by atoms with Gasteiger partial charge < -0.3 is 20.1 Å². The van der Waals surface area contributed by atoms with Gasteiger partial charge in [0.05, 0.1) is 17.8 Å². The van der Waals surface area contributed by atoms with Gasteiger partial charge in [0, 0.05) is 57.9 Å². The van der Waals surface area contributed by atoms with Crippen molar-refractivity contribution in [1.82, 2.24) is 19.8 Å². The number of halogens is 1. The zero-order valence-electron chi connectivity index (χ0n) is 23.8. The van der Waals surface area contributed by atoms with Crippen LogP contribution in [0.1, 0.15) is 46.7 Å². The summed E-state index contributed by atoms with van der Waals surface area (Å²) in [6.07, 6.45) is 2.09. The van der Waals surface area contributed by atoms with Crippen LogP contribution in [0, 0.1) is 20.8 Å². The van der Waals surface area contributed by atoms with E-state index in [1.54, 1.807) is 6.20 Å². The summed E-state index contributed by atoms with van der Waals surface area (Å²) in [5, 5.41) is 10.1. The Balaban J connectivity index is 1.34. The molecule has 6 rings (SSSR count). The van der Waals surface area contributed by atoms with Crippen LogP contribution in [0.5, 0.6) is 0 Å². The molecule has 1 aliphatic heterocycles. The summed E-state index contributed by atoms with van der Waals surface area (Å²) < 4.78 is 2.25. The molecule has 0 spiro atoms. The van der Waals surface area contributed by atoms with E-state index >= 15 is 0 Å². The average molecular weight is 594 g/mol. The van der Waals surface area contributed by atoms with Crippen molar-refractivity contribution in [3.05, 3.63) is 124 Å². The number of carbonyl (C=O) groups excluding carboxylic acids is 1. The summed E-state index contributed by atoms with van der Waals surface area (Å²) in [5.74, 6) is -0.0599. The molecule has 3 aromatic carbocycles. The second kappa shape index (κ2) is 11.6. The molecular weight excluding hydrogens is 562 g/mol. The normalized spacial score (nSPS) is 16.6. The quantitative estimate of drug-likeness (QED) is 0.190. The van der Waals surface area contributed by atoms with Gasteiger partial charge in [-0.15, -0.1) is 0 Å². The molecule has 0 aliphatic carbocycles. The molecule has 2 aromatic heterocycles. The lowest BCUT2D eigenvalue weighted by atomic mass is 9.93. The van der Waals surface area contributed by atoms with E-state index in [9.17, 15) is 4.79 Å². The van der Waals surface area contributed by atoms with Crippen LogP contribution in [-0.4, -0.2) is 32.0 Å². The summed E-state index contributed by atoms with van der Waals surface area (Å²) in [5.41, 5.74) is 7.31. The summed E-state index contributed by atoms with van der Waals surface area (Å²) in [6.45, 7) is 6.88. The first-order chi connectivity index (χ1) is 20.3. The van der Waals surface area contributed by atoms with Crippen molar-refractivity contribution in [3.8, 4) is 5.69 Å². The molecule has 0 radical (unpaired) electrons. The van der Waals surface area contributed by atoms with Gasteiger partial charge in [-0.3, -0.25) is 9.78 Å². The highest BCUT2D eigenvalue weighted by molar-refractivity contribution is 7.80. The van der Waals surface area contributed by atoms with Crippen LogP contribution in [-0.2, 0) is 4.79 Å². The number of carbonyl (C=O) groups is 1. The Kier molecular flexibility index (Phi) is 7.71. The monoisotopic (exact) mass is 593 g/mol. The maximum atomic E-state index is 13.3. The molecule has 42 heavy (non-hydrogen) atoms. The Morgan fingerprint density at radius 2 is 1.74 bits per heavy atom. The highest BCUT2D eigenvalue weighted by Crippen LogP contribution is 2.43. The van der Waals surface area contributed by atoms with E-state index in [0.717, 1.165) is 39.2 Å². The minimum absolute atomic E-state index is 0.0599. The maximum Gasteiger partial charge on any atom is 0.226 e. The maximum absolute atomic E-state index is 13.3. The second-order valence-electron chi connectivity index (χ2n) is 10.7. The van der Waals surface area contributed by atoms with Crippen LogP contribution in [0.2, 0.25) is 5.02 Å². The molecule has 2 atom stereocenters. The number of benzene rings is 3. The van der Waals surface area contributed by atoms with E-state index in [-0.39, 0.29) is 24.4 Å². The molecule has 1 amide bonds. The van der Waals surface area contributed by atoms with Gasteiger partial charge in [-0.25, -0.2) is 0 Å². The first kappa shape index (κ1) is 27.9. The molecule has 0 bridgehead atoms.